The van der Waals surface area contributed by atoms with E-state index < -0.39 is 0 Å². The summed E-state index contributed by atoms with van der Waals surface area (Å²) in [4.78, 5) is 11.2. The van der Waals surface area contributed by atoms with Crippen LogP contribution in [-0.4, -0.2) is 61.4 Å². The first-order valence-electron chi connectivity index (χ1n) is 10.0. The topological polar surface area (TPSA) is 68.7 Å². The number of aromatic nitrogens is 2. The van der Waals surface area contributed by atoms with Gasteiger partial charge in [0, 0.05) is 41.2 Å². The first-order valence-corrected chi connectivity index (χ1v) is 10.8. The summed E-state index contributed by atoms with van der Waals surface area (Å²) in [5.41, 5.74) is 1.73. The molecule has 0 unspecified atom stereocenters. The van der Waals surface area contributed by atoms with E-state index >= 15 is 0 Å². The van der Waals surface area contributed by atoms with Crippen molar-refractivity contribution in [3.05, 3.63) is 47.2 Å². The molecule has 3 aromatic rings. The van der Waals surface area contributed by atoms with Crippen LogP contribution < -0.4 is 14.8 Å². The smallest absolute Gasteiger partial charge is 0.162 e. The van der Waals surface area contributed by atoms with Gasteiger partial charge < -0.3 is 19.5 Å². The molecule has 2 aromatic carbocycles. The molecule has 1 saturated heterocycles. The highest BCUT2D eigenvalue weighted by atomic mass is 79.9. The number of rotatable bonds is 8. The molecule has 0 amide bonds. The summed E-state index contributed by atoms with van der Waals surface area (Å²) in [6.45, 7) is 5.21. The van der Waals surface area contributed by atoms with Gasteiger partial charge in [-0.05, 0) is 30.7 Å². The van der Waals surface area contributed by atoms with Crippen molar-refractivity contribution >= 4 is 38.3 Å². The predicted octanol–water partition coefficient (Wildman–Crippen LogP) is 4.25. The SMILES string of the molecule is COc1cc2ncnc(Nc3cccc(Br)c3)c2cc1OCCCN1CCOCC1. The summed E-state index contributed by atoms with van der Waals surface area (Å²) < 4.78 is 18.0. The number of fused-ring (bicyclic) bond motifs is 1. The number of anilines is 2. The summed E-state index contributed by atoms with van der Waals surface area (Å²) in [6.07, 6.45) is 2.49. The zero-order valence-electron chi connectivity index (χ0n) is 16.9. The molecule has 0 radical (unpaired) electrons. The third-order valence-electron chi connectivity index (χ3n) is 4.99. The molecular formula is C22H25BrN4O3. The molecule has 1 N–H and O–H groups in total. The number of ether oxygens (including phenoxy) is 3. The van der Waals surface area contributed by atoms with Crippen LogP contribution in [0.4, 0.5) is 11.5 Å². The lowest BCUT2D eigenvalue weighted by Gasteiger charge is -2.26. The standard InChI is InChI=1S/C22H25BrN4O3/c1-28-20-14-19-18(13-21(20)30-9-3-6-27-7-10-29-11-8-27)22(25-15-24-19)26-17-5-2-4-16(23)12-17/h2,4-5,12-15H,3,6-11H2,1H3,(H,24,25,26). The Kier molecular flexibility index (Phi) is 6.99. The molecule has 0 aliphatic carbocycles. The molecule has 158 valence electrons. The van der Waals surface area contributed by atoms with Gasteiger partial charge in [0.1, 0.15) is 12.1 Å². The zero-order chi connectivity index (χ0) is 20.8. The average Bonchev–Trinajstić information content (AvgIpc) is 2.77. The first-order chi connectivity index (χ1) is 14.7. The molecule has 7 nitrogen and oxygen atoms in total. The van der Waals surface area contributed by atoms with Gasteiger partial charge in [0.25, 0.3) is 0 Å². The van der Waals surface area contributed by atoms with Crippen molar-refractivity contribution in [2.75, 3.05) is 51.9 Å². The second-order valence-corrected chi connectivity index (χ2v) is 7.95. The Hall–Kier alpha value is -2.42. The second kappa shape index (κ2) is 10.1. The molecule has 30 heavy (non-hydrogen) atoms. The molecular weight excluding hydrogens is 448 g/mol. The van der Waals surface area contributed by atoms with Crippen molar-refractivity contribution in [2.24, 2.45) is 0 Å². The van der Waals surface area contributed by atoms with E-state index in [1.165, 1.54) is 0 Å². The lowest BCUT2D eigenvalue weighted by atomic mass is 10.2. The monoisotopic (exact) mass is 472 g/mol. The van der Waals surface area contributed by atoms with Gasteiger partial charge in [-0.3, -0.25) is 4.90 Å². The largest absolute Gasteiger partial charge is 0.493 e. The fourth-order valence-electron chi connectivity index (χ4n) is 3.43. The third-order valence-corrected chi connectivity index (χ3v) is 5.48. The summed E-state index contributed by atoms with van der Waals surface area (Å²) in [7, 11) is 1.64. The van der Waals surface area contributed by atoms with Gasteiger partial charge in [-0.2, -0.15) is 0 Å². The van der Waals surface area contributed by atoms with E-state index in [1.54, 1.807) is 13.4 Å². The highest BCUT2D eigenvalue weighted by molar-refractivity contribution is 9.10. The maximum Gasteiger partial charge on any atom is 0.162 e. The number of methoxy groups -OCH3 is 1. The maximum absolute atomic E-state index is 6.08. The summed E-state index contributed by atoms with van der Waals surface area (Å²) in [5, 5.41) is 4.24. The molecule has 1 aliphatic rings. The number of benzene rings is 2. The van der Waals surface area contributed by atoms with Crippen molar-refractivity contribution in [3.8, 4) is 11.5 Å². The normalized spacial score (nSPS) is 14.6. The minimum atomic E-state index is 0.612. The van der Waals surface area contributed by atoms with Crippen LogP contribution in [-0.2, 0) is 4.74 Å². The zero-order valence-corrected chi connectivity index (χ0v) is 18.5. The molecule has 1 aliphatic heterocycles. The molecule has 2 heterocycles. The van der Waals surface area contributed by atoms with Gasteiger partial charge in [-0.1, -0.05) is 22.0 Å². The van der Waals surface area contributed by atoms with E-state index in [2.05, 4.69) is 36.1 Å². The molecule has 0 bridgehead atoms. The molecule has 0 atom stereocenters. The Labute approximate surface area is 184 Å². The van der Waals surface area contributed by atoms with E-state index in [9.17, 15) is 0 Å². The number of nitrogens with zero attached hydrogens (tertiary/aromatic N) is 3. The fraction of sp³-hybridized carbons (Fsp3) is 0.364. The molecule has 4 rings (SSSR count). The van der Waals surface area contributed by atoms with Gasteiger partial charge >= 0.3 is 0 Å². The summed E-state index contributed by atoms with van der Waals surface area (Å²) in [5.74, 6) is 2.08. The highest BCUT2D eigenvalue weighted by Crippen LogP contribution is 2.35. The first kappa shape index (κ1) is 20.8. The van der Waals surface area contributed by atoms with Gasteiger partial charge in [-0.15, -0.1) is 0 Å². The number of hydrogen-bond donors (Lipinski definition) is 1. The van der Waals surface area contributed by atoms with Crippen LogP contribution in [0.25, 0.3) is 10.9 Å². The molecule has 1 fully saturated rings. The highest BCUT2D eigenvalue weighted by Gasteiger charge is 2.13. The number of nitrogens with one attached hydrogen (secondary N) is 1. The van der Waals surface area contributed by atoms with Crippen molar-refractivity contribution in [2.45, 2.75) is 6.42 Å². The maximum atomic E-state index is 6.08. The number of morpholine rings is 1. The van der Waals surface area contributed by atoms with Gasteiger partial charge in [0.15, 0.2) is 11.5 Å². The summed E-state index contributed by atoms with van der Waals surface area (Å²) >= 11 is 3.50. The lowest BCUT2D eigenvalue weighted by molar-refractivity contribution is 0.0357. The van der Waals surface area contributed by atoms with Gasteiger partial charge in [0.05, 0.1) is 32.4 Å². The van der Waals surface area contributed by atoms with E-state index in [-0.39, 0.29) is 0 Å². The van der Waals surface area contributed by atoms with Gasteiger partial charge in [0.2, 0.25) is 0 Å². The Morgan fingerprint density at radius 1 is 1.13 bits per heavy atom. The quantitative estimate of drug-likeness (QED) is 0.491. The Morgan fingerprint density at radius 2 is 2.00 bits per heavy atom. The third kappa shape index (κ3) is 5.19. The van der Waals surface area contributed by atoms with E-state index in [0.717, 1.165) is 66.1 Å². The Bertz CT molecular complexity index is 995. The van der Waals surface area contributed by atoms with Crippen LogP contribution in [0.1, 0.15) is 6.42 Å². The minimum Gasteiger partial charge on any atom is -0.493 e. The molecule has 0 saturated carbocycles. The second-order valence-electron chi connectivity index (χ2n) is 7.03. The fourth-order valence-corrected chi connectivity index (χ4v) is 3.83. The van der Waals surface area contributed by atoms with Crippen molar-refractivity contribution in [3.63, 3.8) is 0 Å². The van der Waals surface area contributed by atoms with E-state index in [0.29, 0.717) is 18.1 Å². The van der Waals surface area contributed by atoms with Crippen molar-refractivity contribution < 1.29 is 14.2 Å². The van der Waals surface area contributed by atoms with Gasteiger partial charge in [-0.25, -0.2) is 9.97 Å². The average molecular weight is 473 g/mol. The van der Waals surface area contributed by atoms with Crippen molar-refractivity contribution in [1.29, 1.82) is 0 Å². The molecule has 1 aromatic heterocycles. The minimum absolute atomic E-state index is 0.612. The van der Waals surface area contributed by atoms with Crippen LogP contribution in [0.2, 0.25) is 0 Å². The van der Waals surface area contributed by atoms with Crippen LogP contribution >= 0.6 is 15.9 Å². The number of halogens is 1. The lowest BCUT2D eigenvalue weighted by Crippen LogP contribution is -2.37. The van der Waals surface area contributed by atoms with Crippen molar-refractivity contribution in [1.82, 2.24) is 14.9 Å². The van der Waals surface area contributed by atoms with Crippen LogP contribution in [0.5, 0.6) is 11.5 Å². The van der Waals surface area contributed by atoms with E-state index in [4.69, 9.17) is 14.2 Å². The van der Waals surface area contributed by atoms with Crippen LogP contribution in [0.15, 0.2) is 47.2 Å². The molecule has 8 heteroatoms. The van der Waals surface area contributed by atoms with Crippen LogP contribution in [0, 0.1) is 0 Å². The summed E-state index contributed by atoms with van der Waals surface area (Å²) in [6, 6.07) is 11.8. The Balaban J connectivity index is 1.50. The Morgan fingerprint density at radius 3 is 2.80 bits per heavy atom. The van der Waals surface area contributed by atoms with E-state index in [1.807, 2.05) is 36.4 Å². The number of hydrogen-bond acceptors (Lipinski definition) is 7. The predicted molar refractivity (Wildman–Crippen MR) is 121 cm³/mol. The van der Waals surface area contributed by atoms with Crippen LogP contribution in [0.3, 0.4) is 0 Å². The molecule has 0 spiro atoms.